The van der Waals surface area contributed by atoms with Gasteiger partial charge in [0.1, 0.15) is 16.9 Å². The quantitative estimate of drug-likeness (QED) is 0.635. The molecule has 1 amide bonds. The maximum Gasteiger partial charge on any atom is 0.329 e. The molecule has 2 N–H and O–H groups in total. The van der Waals surface area contributed by atoms with E-state index in [0.717, 1.165) is 12.1 Å². The Morgan fingerprint density at radius 2 is 2.10 bits per heavy atom. The van der Waals surface area contributed by atoms with Gasteiger partial charge in [-0.25, -0.2) is 9.18 Å². The van der Waals surface area contributed by atoms with Gasteiger partial charge in [-0.2, -0.15) is 0 Å². The standard InChI is InChI=1S/C13H13FN2O5/c1-13(12(18)19,7-2-3-7)15-11(17)9-5-4-8(14)6-10(9)16(20)21/h4-7H,2-3H2,1H3,(H,15,17)(H,18,19). The maximum absolute atomic E-state index is 13.0. The molecule has 1 aliphatic carbocycles. The number of hydrogen-bond donors (Lipinski definition) is 2. The number of rotatable bonds is 5. The molecular formula is C13H13FN2O5. The zero-order valence-electron chi connectivity index (χ0n) is 11.1. The fraction of sp³-hybridized carbons (Fsp3) is 0.385. The Bertz CT molecular complexity index is 629. The van der Waals surface area contributed by atoms with Crippen LogP contribution < -0.4 is 5.32 Å². The lowest BCUT2D eigenvalue weighted by atomic mass is 9.95. The van der Waals surface area contributed by atoms with Gasteiger partial charge in [0.15, 0.2) is 0 Å². The SMILES string of the molecule is CC(NC(=O)c1ccc(F)cc1[N+](=O)[O-])(C(=O)O)C1CC1. The van der Waals surface area contributed by atoms with Gasteiger partial charge in [0.05, 0.1) is 11.0 Å². The summed E-state index contributed by atoms with van der Waals surface area (Å²) in [4.78, 5) is 33.5. The van der Waals surface area contributed by atoms with E-state index in [1.54, 1.807) is 0 Å². The zero-order chi connectivity index (χ0) is 15.8. The minimum atomic E-state index is -1.49. The monoisotopic (exact) mass is 296 g/mol. The lowest BCUT2D eigenvalue weighted by Crippen LogP contribution is -2.54. The number of nitrogens with zero attached hydrogens (tertiary/aromatic N) is 1. The molecule has 1 atom stereocenters. The number of benzene rings is 1. The highest BCUT2D eigenvalue weighted by atomic mass is 19.1. The van der Waals surface area contributed by atoms with Crippen molar-refractivity contribution in [1.82, 2.24) is 5.32 Å². The van der Waals surface area contributed by atoms with E-state index in [1.165, 1.54) is 6.92 Å². The van der Waals surface area contributed by atoms with E-state index in [4.69, 9.17) is 0 Å². The highest BCUT2D eigenvalue weighted by molar-refractivity contribution is 6.01. The third-order valence-electron chi connectivity index (χ3n) is 3.61. The Morgan fingerprint density at radius 1 is 1.48 bits per heavy atom. The average molecular weight is 296 g/mol. The Labute approximate surface area is 118 Å². The summed E-state index contributed by atoms with van der Waals surface area (Å²) in [5.74, 6) is -3.17. The van der Waals surface area contributed by atoms with Crippen LogP contribution >= 0.6 is 0 Å². The summed E-state index contributed by atoms with van der Waals surface area (Å²) in [5.41, 5.74) is -2.55. The van der Waals surface area contributed by atoms with Crippen LogP contribution in [0.4, 0.5) is 10.1 Å². The molecule has 0 saturated heterocycles. The second kappa shape index (κ2) is 5.12. The first-order chi connectivity index (χ1) is 9.75. The van der Waals surface area contributed by atoms with Crippen molar-refractivity contribution in [3.8, 4) is 0 Å². The minimum absolute atomic E-state index is 0.210. The molecule has 112 valence electrons. The highest BCUT2D eigenvalue weighted by Crippen LogP contribution is 2.40. The van der Waals surface area contributed by atoms with Gasteiger partial charge in [0.25, 0.3) is 11.6 Å². The first-order valence-corrected chi connectivity index (χ1v) is 6.25. The summed E-state index contributed by atoms with van der Waals surface area (Å²) >= 11 is 0. The normalized spacial score (nSPS) is 16.9. The van der Waals surface area contributed by atoms with Crippen LogP contribution in [0.2, 0.25) is 0 Å². The summed E-state index contributed by atoms with van der Waals surface area (Å²) in [7, 11) is 0. The summed E-state index contributed by atoms with van der Waals surface area (Å²) in [6.07, 6.45) is 1.32. The van der Waals surface area contributed by atoms with Crippen LogP contribution in [0.3, 0.4) is 0 Å². The van der Waals surface area contributed by atoms with Gasteiger partial charge in [-0.3, -0.25) is 14.9 Å². The summed E-state index contributed by atoms with van der Waals surface area (Å²) in [6, 6.07) is 2.51. The first kappa shape index (κ1) is 14.9. The third-order valence-corrected chi connectivity index (χ3v) is 3.61. The maximum atomic E-state index is 13.0. The second-order valence-corrected chi connectivity index (χ2v) is 5.15. The molecule has 8 heteroatoms. The summed E-state index contributed by atoms with van der Waals surface area (Å²) < 4.78 is 13.0. The summed E-state index contributed by atoms with van der Waals surface area (Å²) in [5, 5.41) is 22.4. The zero-order valence-corrected chi connectivity index (χ0v) is 11.1. The molecule has 2 rings (SSSR count). The van der Waals surface area contributed by atoms with Crippen LogP contribution in [0.1, 0.15) is 30.1 Å². The van der Waals surface area contributed by atoms with Gasteiger partial charge >= 0.3 is 5.97 Å². The van der Waals surface area contributed by atoms with Crippen LogP contribution in [0.25, 0.3) is 0 Å². The van der Waals surface area contributed by atoms with Crippen LogP contribution in [0.15, 0.2) is 18.2 Å². The number of aliphatic carboxylic acids is 1. The second-order valence-electron chi connectivity index (χ2n) is 5.15. The van der Waals surface area contributed by atoms with Gasteiger partial charge in [-0.05, 0) is 37.8 Å². The summed E-state index contributed by atoms with van der Waals surface area (Å²) in [6.45, 7) is 1.36. The third kappa shape index (κ3) is 2.83. The molecular weight excluding hydrogens is 283 g/mol. The Morgan fingerprint density at radius 3 is 2.57 bits per heavy atom. The molecule has 1 aromatic rings. The van der Waals surface area contributed by atoms with Crippen LogP contribution in [-0.4, -0.2) is 27.4 Å². The van der Waals surface area contributed by atoms with Gasteiger partial charge < -0.3 is 10.4 Å². The molecule has 1 aromatic carbocycles. The van der Waals surface area contributed by atoms with E-state index in [2.05, 4.69) is 5.32 Å². The van der Waals surface area contributed by atoms with Crippen molar-refractivity contribution in [2.24, 2.45) is 5.92 Å². The van der Waals surface area contributed by atoms with Crippen LogP contribution in [0, 0.1) is 21.8 Å². The largest absolute Gasteiger partial charge is 0.480 e. The lowest BCUT2D eigenvalue weighted by Gasteiger charge is -2.26. The van der Waals surface area contributed by atoms with Crippen molar-refractivity contribution < 1.29 is 24.0 Å². The molecule has 1 fully saturated rings. The number of amides is 1. The van der Waals surface area contributed by atoms with Crippen molar-refractivity contribution in [2.75, 3.05) is 0 Å². The molecule has 1 saturated carbocycles. The molecule has 1 aliphatic rings. The Balaban J connectivity index is 2.32. The van der Waals surface area contributed by atoms with Gasteiger partial charge in [0, 0.05) is 0 Å². The van der Waals surface area contributed by atoms with Crippen molar-refractivity contribution in [2.45, 2.75) is 25.3 Å². The smallest absolute Gasteiger partial charge is 0.329 e. The molecule has 0 spiro atoms. The Kier molecular flexibility index (Phi) is 3.63. The lowest BCUT2D eigenvalue weighted by molar-refractivity contribution is -0.385. The molecule has 7 nitrogen and oxygen atoms in total. The number of nitro groups is 1. The number of nitrogens with one attached hydrogen (secondary N) is 1. The molecule has 0 radical (unpaired) electrons. The van der Waals surface area contributed by atoms with Crippen molar-refractivity contribution in [3.05, 3.63) is 39.7 Å². The van der Waals surface area contributed by atoms with E-state index in [0.29, 0.717) is 18.9 Å². The number of halogens is 1. The number of carboxylic acid groups (broad SMARTS) is 1. The fourth-order valence-electron chi connectivity index (χ4n) is 2.14. The van der Waals surface area contributed by atoms with Crippen LogP contribution in [0.5, 0.6) is 0 Å². The van der Waals surface area contributed by atoms with E-state index in [9.17, 15) is 29.2 Å². The van der Waals surface area contributed by atoms with Gasteiger partial charge in [-0.1, -0.05) is 0 Å². The number of carboxylic acids is 1. The first-order valence-electron chi connectivity index (χ1n) is 6.25. The predicted octanol–water partition coefficient (Wildman–Crippen LogP) is 1.72. The number of carbonyl (C=O) groups is 2. The minimum Gasteiger partial charge on any atom is -0.480 e. The van der Waals surface area contributed by atoms with Crippen LogP contribution in [-0.2, 0) is 4.79 Å². The molecule has 0 bridgehead atoms. The van der Waals surface area contributed by atoms with Crippen molar-refractivity contribution >= 4 is 17.6 Å². The molecule has 0 aromatic heterocycles. The predicted molar refractivity (Wildman–Crippen MR) is 69.3 cm³/mol. The topological polar surface area (TPSA) is 110 Å². The van der Waals surface area contributed by atoms with Gasteiger partial charge in [-0.15, -0.1) is 0 Å². The Hall–Kier alpha value is -2.51. The van der Waals surface area contributed by atoms with E-state index in [-0.39, 0.29) is 11.5 Å². The average Bonchev–Trinajstić information content (AvgIpc) is 3.22. The number of carbonyl (C=O) groups excluding carboxylic acids is 1. The number of nitro benzene ring substituents is 1. The fourth-order valence-corrected chi connectivity index (χ4v) is 2.14. The molecule has 0 heterocycles. The van der Waals surface area contributed by atoms with E-state index < -0.39 is 33.8 Å². The highest BCUT2D eigenvalue weighted by Gasteiger charge is 2.49. The van der Waals surface area contributed by atoms with Gasteiger partial charge in [0.2, 0.25) is 0 Å². The molecule has 21 heavy (non-hydrogen) atoms. The molecule has 1 unspecified atom stereocenters. The number of hydrogen-bond acceptors (Lipinski definition) is 4. The van der Waals surface area contributed by atoms with Crippen molar-refractivity contribution in [1.29, 1.82) is 0 Å². The van der Waals surface area contributed by atoms with Crippen molar-refractivity contribution in [3.63, 3.8) is 0 Å². The van der Waals surface area contributed by atoms with E-state index >= 15 is 0 Å². The van der Waals surface area contributed by atoms with E-state index in [1.807, 2.05) is 0 Å². The molecule has 0 aliphatic heterocycles.